The van der Waals surface area contributed by atoms with Crippen LogP contribution in [0, 0.1) is 13.8 Å². The van der Waals surface area contributed by atoms with E-state index in [0.29, 0.717) is 68.6 Å². The number of rotatable bonds is 5. The molecule has 7 heteroatoms. The molecular formula is C30H29F2NO4. The van der Waals surface area contributed by atoms with E-state index in [1.807, 2.05) is 32.9 Å². The van der Waals surface area contributed by atoms with Crippen LogP contribution >= 0.6 is 0 Å². The van der Waals surface area contributed by atoms with Gasteiger partial charge in [-0.3, -0.25) is 9.78 Å². The molecule has 37 heavy (non-hydrogen) atoms. The number of alkyl halides is 2. The van der Waals surface area contributed by atoms with Gasteiger partial charge in [0.2, 0.25) is 0 Å². The summed E-state index contributed by atoms with van der Waals surface area (Å²) in [6.45, 7) is 9.71. The van der Waals surface area contributed by atoms with Gasteiger partial charge in [0.05, 0.1) is 24.1 Å². The molecule has 2 heterocycles. The van der Waals surface area contributed by atoms with Gasteiger partial charge in [0.1, 0.15) is 17.1 Å². The first-order valence-electron chi connectivity index (χ1n) is 12.3. The number of halogens is 2. The van der Waals surface area contributed by atoms with Crippen LogP contribution in [-0.2, 0) is 17.6 Å². The van der Waals surface area contributed by atoms with E-state index in [1.54, 1.807) is 38.2 Å². The Balaban J connectivity index is 2.02. The Morgan fingerprint density at radius 2 is 1.86 bits per heavy atom. The van der Waals surface area contributed by atoms with E-state index in [2.05, 4.69) is 0 Å². The SMILES string of the molecule is Cc1cc2c(C(F)F)c(C)ccc2c(-c2c(OC(C)(C)C)cc3c4c(ccnc24)CCO3)c1CC(=O)O. The minimum Gasteiger partial charge on any atom is -0.492 e. The summed E-state index contributed by atoms with van der Waals surface area (Å²) < 4.78 is 41.0. The average molecular weight is 506 g/mol. The first-order chi connectivity index (χ1) is 17.5. The highest BCUT2D eigenvalue weighted by Gasteiger charge is 2.29. The highest BCUT2D eigenvalue weighted by atomic mass is 19.3. The van der Waals surface area contributed by atoms with E-state index < -0.39 is 18.0 Å². The summed E-state index contributed by atoms with van der Waals surface area (Å²) in [5.74, 6) is 0.106. The van der Waals surface area contributed by atoms with Crippen LogP contribution < -0.4 is 9.47 Å². The fourth-order valence-corrected chi connectivity index (χ4v) is 5.33. The minimum atomic E-state index is -2.69. The highest BCUT2D eigenvalue weighted by Crippen LogP contribution is 2.49. The standard InChI is InChI=1S/C30H29F2NO4/c1-15-6-7-18-20(24(15)29(31)32)12-16(2)19(13-23(34)35)26(18)27-22(37-30(3,4)5)14-21-25-17(9-11-36-21)8-10-33-28(25)27/h6-8,10,12,14,29H,9,11,13H2,1-5H3,(H,34,35). The van der Waals surface area contributed by atoms with Crippen LogP contribution in [-0.4, -0.2) is 28.3 Å². The van der Waals surface area contributed by atoms with Gasteiger partial charge in [-0.15, -0.1) is 0 Å². The smallest absolute Gasteiger partial charge is 0.307 e. The van der Waals surface area contributed by atoms with Gasteiger partial charge in [0, 0.05) is 29.6 Å². The first kappa shape index (κ1) is 24.9. The van der Waals surface area contributed by atoms with Gasteiger partial charge in [-0.2, -0.15) is 0 Å². The maximum atomic E-state index is 14.3. The molecule has 0 unspecified atom stereocenters. The van der Waals surface area contributed by atoms with Gasteiger partial charge in [-0.1, -0.05) is 18.2 Å². The highest BCUT2D eigenvalue weighted by molar-refractivity contribution is 6.11. The Hall–Kier alpha value is -3.74. The summed E-state index contributed by atoms with van der Waals surface area (Å²) in [7, 11) is 0. The number of pyridine rings is 1. The molecule has 1 N–H and O–H groups in total. The molecule has 0 saturated carbocycles. The third kappa shape index (κ3) is 4.37. The zero-order valence-corrected chi connectivity index (χ0v) is 21.5. The Bertz CT molecular complexity index is 1570. The Morgan fingerprint density at radius 1 is 1.11 bits per heavy atom. The van der Waals surface area contributed by atoms with E-state index >= 15 is 0 Å². The molecule has 0 fully saturated rings. The molecule has 0 spiro atoms. The van der Waals surface area contributed by atoms with Crippen LogP contribution in [0.4, 0.5) is 8.78 Å². The second-order valence-electron chi connectivity index (χ2n) is 10.6. The molecule has 0 saturated heterocycles. The molecule has 0 aliphatic carbocycles. The van der Waals surface area contributed by atoms with Gasteiger partial charge in [0.25, 0.3) is 6.43 Å². The van der Waals surface area contributed by atoms with E-state index in [9.17, 15) is 18.7 Å². The number of hydrogen-bond donors (Lipinski definition) is 1. The number of nitrogens with zero attached hydrogens (tertiary/aromatic N) is 1. The summed E-state index contributed by atoms with van der Waals surface area (Å²) in [5, 5.41) is 11.6. The van der Waals surface area contributed by atoms with Crippen LogP contribution in [0.15, 0.2) is 36.5 Å². The molecule has 3 aromatic carbocycles. The number of fused-ring (bicyclic) bond motifs is 1. The molecule has 0 bridgehead atoms. The lowest BCUT2D eigenvalue weighted by atomic mass is 9.84. The zero-order chi connectivity index (χ0) is 26.6. The number of carbonyl (C=O) groups is 1. The van der Waals surface area contributed by atoms with Gasteiger partial charge in [-0.05, 0) is 79.3 Å². The van der Waals surface area contributed by atoms with Crippen molar-refractivity contribution in [3.63, 3.8) is 0 Å². The summed E-state index contributed by atoms with van der Waals surface area (Å²) in [6, 6.07) is 8.92. The average Bonchev–Trinajstić information content (AvgIpc) is 2.79. The predicted octanol–water partition coefficient (Wildman–Crippen LogP) is 7.35. The number of hydrogen-bond acceptors (Lipinski definition) is 4. The van der Waals surface area contributed by atoms with E-state index in [1.165, 1.54) is 0 Å². The molecule has 0 amide bonds. The lowest BCUT2D eigenvalue weighted by Crippen LogP contribution is -2.24. The van der Waals surface area contributed by atoms with Crippen molar-refractivity contribution in [1.29, 1.82) is 0 Å². The molecule has 4 aromatic rings. The number of aliphatic carboxylic acids is 1. The van der Waals surface area contributed by atoms with E-state index in [-0.39, 0.29) is 12.0 Å². The van der Waals surface area contributed by atoms with Crippen molar-refractivity contribution in [3.8, 4) is 22.6 Å². The lowest BCUT2D eigenvalue weighted by Gasteiger charge is -2.28. The first-order valence-corrected chi connectivity index (χ1v) is 12.3. The van der Waals surface area contributed by atoms with Crippen LogP contribution in [0.5, 0.6) is 11.5 Å². The number of carboxylic acids is 1. The van der Waals surface area contributed by atoms with E-state index in [4.69, 9.17) is 14.5 Å². The molecule has 0 radical (unpaired) electrons. The molecule has 0 atom stereocenters. The van der Waals surface area contributed by atoms with Gasteiger partial charge >= 0.3 is 5.97 Å². The maximum Gasteiger partial charge on any atom is 0.307 e. The fourth-order valence-electron chi connectivity index (χ4n) is 5.33. The largest absolute Gasteiger partial charge is 0.492 e. The lowest BCUT2D eigenvalue weighted by molar-refractivity contribution is -0.136. The van der Waals surface area contributed by atoms with Gasteiger partial charge in [0.15, 0.2) is 0 Å². The van der Waals surface area contributed by atoms with Gasteiger partial charge < -0.3 is 14.6 Å². The number of benzene rings is 3. The molecule has 5 nitrogen and oxygen atoms in total. The monoisotopic (exact) mass is 505 g/mol. The van der Waals surface area contributed by atoms with E-state index in [0.717, 1.165) is 10.9 Å². The summed E-state index contributed by atoms with van der Waals surface area (Å²) >= 11 is 0. The third-order valence-corrected chi connectivity index (χ3v) is 6.78. The van der Waals surface area contributed by atoms with Crippen molar-refractivity contribution in [2.75, 3.05) is 6.61 Å². The van der Waals surface area contributed by atoms with Crippen molar-refractivity contribution in [2.45, 2.75) is 59.5 Å². The van der Waals surface area contributed by atoms with Crippen molar-refractivity contribution in [2.24, 2.45) is 0 Å². The second-order valence-corrected chi connectivity index (χ2v) is 10.6. The molecule has 1 aliphatic heterocycles. The zero-order valence-electron chi connectivity index (χ0n) is 21.5. The van der Waals surface area contributed by atoms with Crippen molar-refractivity contribution in [1.82, 2.24) is 4.98 Å². The second kappa shape index (κ2) is 8.98. The molecule has 1 aromatic heterocycles. The summed E-state index contributed by atoms with van der Waals surface area (Å²) in [5.41, 5.74) is 3.81. The Kier molecular flexibility index (Phi) is 6.05. The van der Waals surface area contributed by atoms with Crippen molar-refractivity contribution in [3.05, 3.63) is 64.3 Å². The Morgan fingerprint density at radius 3 is 2.54 bits per heavy atom. The van der Waals surface area contributed by atoms with Crippen molar-refractivity contribution >= 4 is 27.6 Å². The van der Waals surface area contributed by atoms with Crippen LogP contribution in [0.25, 0.3) is 32.8 Å². The summed E-state index contributed by atoms with van der Waals surface area (Å²) in [4.78, 5) is 16.8. The van der Waals surface area contributed by atoms with Crippen LogP contribution in [0.1, 0.15) is 55.0 Å². The predicted molar refractivity (Wildman–Crippen MR) is 140 cm³/mol. The number of ether oxygens (including phenoxy) is 2. The number of carboxylic acid groups (broad SMARTS) is 1. The third-order valence-electron chi connectivity index (χ3n) is 6.78. The molecule has 192 valence electrons. The quantitative estimate of drug-likeness (QED) is 0.307. The number of aryl methyl sites for hydroxylation is 2. The van der Waals surface area contributed by atoms with Gasteiger partial charge in [-0.25, -0.2) is 8.78 Å². The van der Waals surface area contributed by atoms with Crippen LogP contribution in [0.2, 0.25) is 0 Å². The summed E-state index contributed by atoms with van der Waals surface area (Å²) in [6.07, 6.45) is -0.533. The topological polar surface area (TPSA) is 68.7 Å². The molecule has 5 rings (SSSR count). The normalized spacial score (nSPS) is 13.3. The minimum absolute atomic E-state index is 0.0546. The molecule has 1 aliphatic rings. The fraction of sp³-hybridized carbons (Fsp3) is 0.333. The Labute approximate surface area is 214 Å². The number of aromatic nitrogens is 1. The van der Waals surface area contributed by atoms with Crippen molar-refractivity contribution < 1.29 is 28.2 Å². The maximum absolute atomic E-state index is 14.3. The molecular weight excluding hydrogens is 476 g/mol. The van der Waals surface area contributed by atoms with Crippen LogP contribution in [0.3, 0.4) is 0 Å².